The molecule has 3 aliphatic rings. The van der Waals surface area contributed by atoms with E-state index in [1.807, 2.05) is 0 Å². The lowest BCUT2D eigenvalue weighted by atomic mass is 9.88. The first-order valence-corrected chi connectivity index (χ1v) is 11.3. The molecule has 2 heterocycles. The zero-order chi connectivity index (χ0) is 20.5. The van der Waals surface area contributed by atoms with Crippen LogP contribution >= 0.6 is 0 Å². The van der Waals surface area contributed by atoms with Gasteiger partial charge in [-0.25, -0.2) is 0 Å². The molecule has 2 amide bonds. The maximum Gasteiger partial charge on any atom is 0.234 e. The summed E-state index contributed by atoms with van der Waals surface area (Å²) in [6.07, 6.45) is 7.51. The second-order valence-corrected chi connectivity index (χ2v) is 8.53. The van der Waals surface area contributed by atoms with E-state index in [0.29, 0.717) is 26.3 Å². The molecule has 3 rings (SSSR count). The third-order valence-corrected chi connectivity index (χ3v) is 6.35. The van der Waals surface area contributed by atoms with Crippen LogP contribution in [0.5, 0.6) is 0 Å². The van der Waals surface area contributed by atoms with E-state index in [2.05, 4.69) is 15.5 Å². The minimum atomic E-state index is -0.392. The summed E-state index contributed by atoms with van der Waals surface area (Å²) in [6, 6.07) is -0.165. The molecule has 1 aliphatic carbocycles. The summed E-state index contributed by atoms with van der Waals surface area (Å²) in [7, 11) is 0. The van der Waals surface area contributed by atoms with Crippen LogP contribution in [0, 0.1) is 5.92 Å². The van der Waals surface area contributed by atoms with E-state index in [0.717, 1.165) is 58.0 Å². The lowest BCUT2D eigenvalue weighted by Crippen LogP contribution is -2.53. The van der Waals surface area contributed by atoms with Crippen LogP contribution < -0.4 is 10.6 Å². The number of carbonyl (C=O) groups is 2. The molecule has 3 atom stereocenters. The van der Waals surface area contributed by atoms with Gasteiger partial charge in [-0.15, -0.1) is 0 Å². The molecule has 166 valence electrons. The minimum Gasteiger partial charge on any atom is -0.394 e. The number of aliphatic hydroxyl groups is 1. The number of nitrogens with zero attached hydrogens (tertiary/aromatic N) is 1. The average molecular weight is 412 g/mol. The second kappa shape index (κ2) is 11.8. The predicted molar refractivity (Wildman–Crippen MR) is 108 cm³/mol. The first kappa shape index (κ1) is 22.5. The molecule has 0 spiro atoms. The van der Waals surface area contributed by atoms with Gasteiger partial charge in [0.15, 0.2) is 0 Å². The van der Waals surface area contributed by atoms with Gasteiger partial charge in [0.25, 0.3) is 0 Å². The van der Waals surface area contributed by atoms with E-state index in [-0.39, 0.29) is 36.5 Å². The van der Waals surface area contributed by atoms with Crippen molar-refractivity contribution in [1.82, 2.24) is 15.5 Å². The summed E-state index contributed by atoms with van der Waals surface area (Å²) in [5, 5.41) is 15.8. The zero-order valence-electron chi connectivity index (χ0n) is 17.4. The van der Waals surface area contributed by atoms with Crippen molar-refractivity contribution < 1.29 is 24.2 Å². The van der Waals surface area contributed by atoms with Crippen molar-refractivity contribution >= 4 is 11.8 Å². The third-order valence-electron chi connectivity index (χ3n) is 6.35. The summed E-state index contributed by atoms with van der Waals surface area (Å²) in [5.74, 6) is 0.317. The molecular formula is C21H37N3O5. The Morgan fingerprint density at radius 1 is 1.03 bits per heavy atom. The van der Waals surface area contributed by atoms with Crippen LogP contribution in [0.2, 0.25) is 0 Å². The van der Waals surface area contributed by atoms with E-state index < -0.39 is 6.10 Å². The van der Waals surface area contributed by atoms with Crippen molar-refractivity contribution in [3.63, 3.8) is 0 Å². The van der Waals surface area contributed by atoms with Gasteiger partial charge in [-0.3, -0.25) is 14.5 Å². The van der Waals surface area contributed by atoms with Crippen molar-refractivity contribution in [3.05, 3.63) is 0 Å². The number of hydrogen-bond acceptors (Lipinski definition) is 6. The Bertz CT molecular complexity index is 520. The Kier molecular flexibility index (Phi) is 9.17. The summed E-state index contributed by atoms with van der Waals surface area (Å²) in [4.78, 5) is 26.7. The van der Waals surface area contributed by atoms with Crippen LogP contribution in [0.1, 0.15) is 51.4 Å². The lowest BCUT2D eigenvalue weighted by Gasteiger charge is -2.37. The van der Waals surface area contributed by atoms with Gasteiger partial charge in [0.1, 0.15) is 6.10 Å². The normalized spacial score (nSPS) is 29.3. The molecular weight excluding hydrogens is 374 g/mol. The van der Waals surface area contributed by atoms with Crippen molar-refractivity contribution in [2.45, 2.75) is 69.6 Å². The summed E-state index contributed by atoms with van der Waals surface area (Å²) in [6.45, 7) is 3.71. The van der Waals surface area contributed by atoms with Crippen LogP contribution in [-0.4, -0.2) is 86.1 Å². The summed E-state index contributed by atoms with van der Waals surface area (Å²) < 4.78 is 11.3. The highest BCUT2D eigenvalue weighted by Crippen LogP contribution is 2.24. The van der Waals surface area contributed by atoms with Crippen molar-refractivity contribution in [3.8, 4) is 0 Å². The van der Waals surface area contributed by atoms with Crippen molar-refractivity contribution in [2.24, 2.45) is 5.92 Å². The fraction of sp³-hybridized carbons (Fsp3) is 0.905. The first-order chi connectivity index (χ1) is 14.2. The molecule has 29 heavy (non-hydrogen) atoms. The van der Waals surface area contributed by atoms with Crippen LogP contribution in [0.15, 0.2) is 0 Å². The Labute approximate surface area is 173 Å². The smallest absolute Gasteiger partial charge is 0.234 e. The fourth-order valence-electron chi connectivity index (χ4n) is 4.59. The monoisotopic (exact) mass is 411 g/mol. The molecule has 0 aromatic heterocycles. The number of amides is 2. The average Bonchev–Trinajstić information content (AvgIpc) is 2.76. The number of hydrogen-bond donors (Lipinski definition) is 3. The number of carbonyl (C=O) groups excluding carboxylic acids is 2. The van der Waals surface area contributed by atoms with Gasteiger partial charge in [0, 0.05) is 25.6 Å². The van der Waals surface area contributed by atoms with E-state index in [9.17, 15) is 14.7 Å². The zero-order valence-corrected chi connectivity index (χ0v) is 17.4. The minimum absolute atomic E-state index is 0.00574. The number of nitrogens with one attached hydrogen (secondary N) is 2. The van der Waals surface area contributed by atoms with E-state index in [1.165, 1.54) is 6.42 Å². The highest BCUT2D eigenvalue weighted by Gasteiger charge is 2.32. The van der Waals surface area contributed by atoms with Gasteiger partial charge in [-0.1, -0.05) is 19.3 Å². The van der Waals surface area contributed by atoms with Crippen LogP contribution in [-0.2, 0) is 19.1 Å². The van der Waals surface area contributed by atoms with Crippen molar-refractivity contribution in [1.29, 1.82) is 0 Å². The number of ether oxygens (including phenoxy) is 2. The Hall–Kier alpha value is -1.22. The van der Waals surface area contributed by atoms with Crippen molar-refractivity contribution in [2.75, 3.05) is 46.0 Å². The number of rotatable bonds is 8. The maximum atomic E-state index is 12.3. The highest BCUT2D eigenvalue weighted by atomic mass is 16.5. The molecule has 0 bridgehead atoms. The number of aliphatic hydroxyl groups excluding tert-OH is 1. The van der Waals surface area contributed by atoms with Gasteiger partial charge < -0.3 is 25.2 Å². The van der Waals surface area contributed by atoms with E-state index >= 15 is 0 Å². The molecule has 0 unspecified atom stereocenters. The van der Waals surface area contributed by atoms with Crippen LogP contribution in [0.3, 0.4) is 0 Å². The molecule has 8 nitrogen and oxygen atoms in total. The van der Waals surface area contributed by atoms with Gasteiger partial charge in [-0.05, 0) is 32.1 Å². The molecule has 8 heteroatoms. The molecule has 3 fully saturated rings. The first-order valence-electron chi connectivity index (χ1n) is 11.3. The van der Waals surface area contributed by atoms with Gasteiger partial charge >= 0.3 is 0 Å². The largest absolute Gasteiger partial charge is 0.394 e. The fourth-order valence-corrected chi connectivity index (χ4v) is 4.59. The van der Waals surface area contributed by atoms with Gasteiger partial charge in [0.2, 0.25) is 11.8 Å². The topological polar surface area (TPSA) is 100 Å². The number of morpholine rings is 1. The van der Waals surface area contributed by atoms with E-state index in [1.54, 1.807) is 0 Å². The molecule has 0 radical (unpaired) electrons. The van der Waals surface area contributed by atoms with Crippen LogP contribution in [0.25, 0.3) is 0 Å². The molecule has 2 aliphatic heterocycles. The molecule has 1 saturated carbocycles. The quantitative estimate of drug-likeness (QED) is 0.536. The second-order valence-electron chi connectivity index (χ2n) is 8.53. The predicted octanol–water partition coefficient (Wildman–Crippen LogP) is 0.430. The van der Waals surface area contributed by atoms with E-state index in [4.69, 9.17) is 9.47 Å². The molecule has 3 N–H and O–H groups in total. The Morgan fingerprint density at radius 2 is 1.79 bits per heavy atom. The Morgan fingerprint density at radius 3 is 2.52 bits per heavy atom. The Balaban J connectivity index is 1.35. The van der Waals surface area contributed by atoms with Crippen LogP contribution in [0.4, 0.5) is 0 Å². The summed E-state index contributed by atoms with van der Waals surface area (Å²) >= 11 is 0. The van der Waals surface area contributed by atoms with Gasteiger partial charge in [0.05, 0.1) is 38.5 Å². The van der Waals surface area contributed by atoms with Gasteiger partial charge in [-0.2, -0.15) is 0 Å². The molecule has 0 aromatic rings. The third kappa shape index (κ3) is 7.20. The lowest BCUT2D eigenvalue weighted by molar-refractivity contribution is -0.131. The maximum absolute atomic E-state index is 12.3. The molecule has 2 saturated heterocycles. The highest BCUT2D eigenvalue weighted by molar-refractivity contribution is 5.79. The SMILES string of the molecule is O=C(CN1CCOCC1)N[C@H]1CC[C@@H](CCNC(=O)C2CCCCC2)O[C@H]1CO. The standard InChI is InChI=1S/C21H37N3O5/c25-15-19-18(23-20(26)14-24-10-12-28-13-11-24)7-6-17(29-19)8-9-22-21(27)16-4-2-1-3-5-16/h16-19,25H,1-15H2,(H,22,27)(H,23,26)/t17-,18-,19-/m0/s1. The molecule has 0 aromatic carbocycles. The summed E-state index contributed by atoms with van der Waals surface area (Å²) in [5.41, 5.74) is 0.